The SMILES string of the molecule is CNS(=O)(=O)c1ccc(CCc2n[nH]c(Cc3ccccc3)n2)cc1. The topological polar surface area (TPSA) is 87.7 Å². The van der Waals surface area contributed by atoms with Crippen LogP contribution in [-0.2, 0) is 29.3 Å². The molecule has 6 nitrogen and oxygen atoms in total. The van der Waals surface area contributed by atoms with Crippen LogP contribution in [0.5, 0.6) is 0 Å². The Labute approximate surface area is 147 Å². The van der Waals surface area contributed by atoms with Crippen molar-refractivity contribution in [3.05, 3.63) is 77.4 Å². The van der Waals surface area contributed by atoms with E-state index in [0.717, 1.165) is 30.1 Å². The molecule has 0 saturated carbocycles. The Balaban J connectivity index is 1.59. The number of aromatic amines is 1. The lowest BCUT2D eigenvalue weighted by Gasteiger charge is -2.04. The minimum Gasteiger partial charge on any atom is -0.263 e. The van der Waals surface area contributed by atoms with Gasteiger partial charge in [0.1, 0.15) is 5.82 Å². The summed E-state index contributed by atoms with van der Waals surface area (Å²) >= 11 is 0. The molecule has 0 spiro atoms. The standard InChI is InChI=1S/C18H20N4O2S/c1-19-25(23,24)16-10-7-14(8-11-16)9-12-17-20-18(22-21-17)13-15-5-3-2-4-6-15/h2-8,10-11,19H,9,12-13H2,1H3,(H,20,21,22). The second-order valence-electron chi connectivity index (χ2n) is 5.71. The molecule has 7 heteroatoms. The Morgan fingerprint density at radius 1 is 0.960 bits per heavy atom. The van der Waals surface area contributed by atoms with Crippen molar-refractivity contribution in [1.82, 2.24) is 19.9 Å². The maximum atomic E-state index is 11.7. The first-order chi connectivity index (χ1) is 12.1. The molecule has 0 unspecified atom stereocenters. The summed E-state index contributed by atoms with van der Waals surface area (Å²) < 4.78 is 25.7. The van der Waals surface area contributed by atoms with E-state index < -0.39 is 10.0 Å². The van der Waals surface area contributed by atoms with Gasteiger partial charge in [0, 0.05) is 12.8 Å². The van der Waals surface area contributed by atoms with Crippen molar-refractivity contribution in [2.24, 2.45) is 0 Å². The van der Waals surface area contributed by atoms with Crippen LogP contribution >= 0.6 is 0 Å². The zero-order valence-electron chi connectivity index (χ0n) is 13.9. The monoisotopic (exact) mass is 356 g/mol. The third kappa shape index (κ3) is 4.52. The molecule has 0 aliphatic heterocycles. The van der Waals surface area contributed by atoms with E-state index in [0.29, 0.717) is 6.42 Å². The van der Waals surface area contributed by atoms with Gasteiger partial charge in [0.25, 0.3) is 0 Å². The van der Waals surface area contributed by atoms with Crippen molar-refractivity contribution in [2.75, 3.05) is 7.05 Å². The number of rotatable bonds is 7. The van der Waals surface area contributed by atoms with Crippen LogP contribution in [-0.4, -0.2) is 30.6 Å². The predicted octanol–water partition coefficient (Wildman–Crippen LogP) is 2.09. The number of nitrogens with zero attached hydrogens (tertiary/aromatic N) is 2. The molecule has 130 valence electrons. The van der Waals surface area contributed by atoms with Gasteiger partial charge in [-0.3, -0.25) is 5.10 Å². The molecule has 0 bridgehead atoms. The summed E-state index contributed by atoms with van der Waals surface area (Å²) in [6.45, 7) is 0. The molecule has 0 radical (unpaired) electrons. The van der Waals surface area contributed by atoms with Crippen LogP contribution in [0.2, 0.25) is 0 Å². The van der Waals surface area contributed by atoms with Crippen LogP contribution < -0.4 is 4.72 Å². The molecule has 3 aromatic rings. The fourth-order valence-corrected chi connectivity index (χ4v) is 3.25. The molecule has 0 fully saturated rings. The molecule has 2 N–H and O–H groups in total. The van der Waals surface area contributed by atoms with Gasteiger partial charge in [-0.05, 0) is 36.7 Å². The van der Waals surface area contributed by atoms with Crippen LogP contribution in [0, 0.1) is 0 Å². The van der Waals surface area contributed by atoms with Gasteiger partial charge in [-0.25, -0.2) is 18.1 Å². The molecule has 2 aromatic carbocycles. The van der Waals surface area contributed by atoms with E-state index in [-0.39, 0.29) is 4.90 Å². The number of aryl methyl sites for hydroxylation is 2. The van der Waals surface area contributed by atoms with E-state index in [1.165, 1.54) is 12.6 Å². The summed E-state index contributed by atoms with van der Waals surface area (Å²) in [6.07, 6.45) is 2.18. The first-order valence-corrected chi connectivity index (χ1v) is 9.52. The summed E-state index contributed by atoms with van der Waals surface area (Å²) in [5.41, 5.74) is 2.23. The molecule has 0 atom stereocenters. The highest BCUT2D eigenvalue weighted by Crippen LogP contribution is 2.12. The summed E-state index contributed by atoms with van der Waals surface area (Å²) in [7, 11) is -1.99. The molecule has 1 heterocycles. The molecule has 0 amide bonds. The Kier molecular flexibility index (Phi) is 5.25. The van der Waals surface area contributed by atoms with Crippen LogP contribution in [0.4, 0.5) is 0 Å². The van der Waals surface area contributed by atoms with E-state index in [1.807, 2.05) is 30.3 Å². The second-order valence-corrected chi connectivity index (χ2v) is 7.60. The minimum atomic E-state index is -3.39. The fourth-order valence-electron chi connectivity index (χ4n) is 2.52. The summed E-state index contributed by atoms with van der Waals surface area (Å²) in [4.78, 5) is 4.78. The van der Waals surface area contributed by atoms with Crippen molar-refractivity contribution >= 4 is 10.0 Å². The van der Waals surface area contributed by atoms with Crippen molar-refractivity contribution in [1.29, 1.82) is 0 Å². The molecule has 0 saturated heterocycles. The zero-order chi connectivity index (χ0) is 17.7. The summed E-state index contributed by atoms with van der Waals surface area (Å²) in [5, 5.41) is 7.23. The van der Waals surface area contributed by atoms with Crippen molar-refractivity contribution in [3.8, 4) is 0 Å². The largest absolute Gasteiger partial charge is 0.263 e. The number of nitrogens with one attached hydrogen (secondary N) is 2. The second kappa shape index (κ2) is 7.58. The lowest BCUT2D eigenvalue weighted by atomic mass is 10.1. The smallest absolute Gasteiger partial charge is 0.240 e. The van der Waals surface area contributed by atoms with Crippen molar-refractivity contribution < 1.29 is 8.42 Å². The van der Waals surface area contributed by atoms with Gasteiger partial charge in [-0.1, -0.05) is 42.5 Å². The number of aromatic nitrogens is 3. The molecule has 1 aromatic heterocycles. The van der Waals surface area contributed by atoms with Gasteiger partial charge in [0.15, 0.2) is 5.82 Å². The van der Waals surface area contributed by atoms with Crippen molar-refractivity contribution in [2.45, 2.75) is 24.2 Å². The van der Waals surface area contributed by atoms with E-state index in [1.54, 1.807) is 12.1 Å². The fraction of sp³-hybridized carbons (Fsp3) is 0.222. The maximum absolute atomic E-state index is 11.7. The lowest BCUT2D eigenvalue weighted by molar-refractivity contribution is 0.588. The Morgan fingerprint density at radius 2 is 1.68 bits per heavy atom. The molecular weight excluding hydrogens is 336 g/mol. The molecule has 3 rings (SSSR count). The van der Waals surface area contributed by atoms with E-state index in [9.17, 15) is 8.42 Å². The van der Waals surface area contributed by atoms with Crippen LogP contribution in [0.3, 0.4) is 0 Å². The predicted molar refractivity (Wildman–Crippen MR) is 95.7 cm³/mol. The Bertz CT molecular complexity index is 919. The molecular formula is C18H20N4O2S. The van der Waals surface area contributed by atoms with Crippen LogP contribution in [0.1, 0.15) is 22.8 Å². The minimum absolute atomic E-state index is 0.266. The third-order valence-corrected chi connectivity index (χ3v) is 5.36. The average Bonchev–Trinajstić information content (AvgIpc) is 3.08. The number of sulfonamides is 1. The Hall–Kier alpha value is -2.51. The van der Waals surface area contributed by atoms with Crippen LogP contribution in [0.15, 0.2) is 59.5 Å². The molecule has 0 aliphatic carbocycles. The molecule has 25 heavy (non-hydrogen) atoms. The number of hydrogen-bond acceptors (Lipinski definition) is 4. The van der Waals surface area contributed by atoms with Crippen LogP contribution in [0.25, 0.3) is 0 Å². The van der Waals surface area contributed by atoms with Gasteiger partial charge < -0.3 is 0 Å². The Morgan fingerprint density at radius 3 is 2.36 bits per heavy atom. The first-order valence-electron chi connectivity index (χ1n) is 8.03. The van der Waals surface area contributed by atoms with Gasteiger partial charge in [-0.2, -0.15) is 5.10 Å². The van der Waals surface area contributed by atoms with Crippen molar-refractivity contribution in [3.63, 3.8) is 0 Å². The van der Waals surface area contributed by atoms with Gasteiger partial charge >= 0.3 is 0 Å². The third-order valence-electron chi connectivity index (χ3n) is 3.93. The lowest BCUT2D eigenvalue weighted by Crippen LogP contribution is -2.18. The average molecular weight is 356 g/mol. The number of hydrogen-bond donors (Lipinski definition) is 2. The zero-order valence-corrected chi connectivity index (χ0v) is 14.8. The highest BCUT2D eigenvalue weighted by Gasteiger charge is 2.10. The first kappa shape index (κ1) is 17.3. The van der Waals surface area contributed by atoms with E-state index in [2.05, 4.69) is 32.0 Å². The number of H-pyrrole nitrogens is 1. The summed E-state index contributed by atoms with van der Waals surface area (Å²) in [6, 6.07) is 17.0. The summed E-state index contributed by atoms with van der Waals surface area (Å²) in [5.74, 6) is 1.61. The normalized spacial score (nSPS) is 11.6. The highest BCUT2D eigenvalue weighted by atomic mass is 32.2. The van der Waals surface area contributed by atoms with Gasteiger partial charge in [-0.15, -0.1) is 0 Å². The molecule has 0 aliphatic rings. The van der Waals surface area contributed by atoms with Gasteiger partial charge in [0.05, 0.1) is 4.90 Å². The highest BCUT2D eigenvalue weighted by molar-refractivity contribution is 7.89. The van der Waals surface area contributed by atoms with E-state index in [4.69, 9.17) is 0 Å². The maximum Gasteiger partial charge on any atom is 0.240 e. The number of benzene rings is 2. The van der Waals surface area contributed by atoms with E-state index >= 15 is 0 Å². The quantitative estimate of drug-likeness (QED) is 0.678. The van der Waals surface area contributed by atoms with Gasteiger partial charge in [0.2, 0.25) is 10.0 Å².